The van der Waals surface area contributed by atoms with Gasteiger partial charge in [-0.2, -0.15) is 4.98 Å². The summed E-state index contributed by atoms with van der Waals surface area (Å²) in [5.74, 6) is 0.508. The molecule has 3 aliphatic rings. The Morgan fingerprint density at radius 2 is 2.14 bits per heavy atom. The summed E-state index contributed by atoms with van der Waals surface area (Å²) in [6.45, 7) is 0. The third-order valence-electron chi connectivity index (χ3n) is 6.74. The van der Waals surface area contributed by atoms with Gasteiger partial charge in [0.05, 0.1) is 12.1 Å². The molecule has 2 heterocycles. The molecule has 5 atom stereocenters. The highest BCUT2D eigenvalue weighted by Gasteiger charge is 2.54. The van der Waals surface area contributed by atoms with Gasteiger partial charge >= 0.3 is 0 Å². The number of carbonyl (C=O) groups excluding carboxylic acids is 1. The van der Waals surface area contributed by atoms with Crippen LogP contribution in [-0.2, 0) is 11.2 Å². The van der Waals surface area contributed by atoms with Crippen molar-refractivity contribution >= 4 is 23.4 Å². The lowest BCUT2D eigenvalue weighted by atomic mass is 9.76. The maximum absolute atomic E-state index is 14.5. The predicted octanol–water partition coefficient (Wildman–Crippen LogP) is 3.23. The van der Waals surface area contributed by atoms with Gasteiger partial charge in [0, 0.05) is 11.7 Å². The molecule has 2 fully saturated rings. The van der Waals surface area contributed by atoms with E-state index in [9.17, 15) is 9.18 Å². The van der Waals surface area contributed by atoms with E-state index >= 15 is 0 Å². The number of carbonyl (C=O) groups is 1. The molecule has 5 rings (SSSR count). The van der Waals surface area contributed by atoms with Crippen LogP contribution in [0.4, 0.5) is 21.8 Å². The van der Waals surface area contributed by atoms with Crippen molar-refractivity contribution in [2.45, 2.75) is 38.1 Å². The van der Waals surface area contributed by atoms with Gasteiger partial charge < -0.3 is 16.4 Å². The Labute approximate surface area is 163 Å². The number of benzene rings is 1. The number of hydrogen-bond acceptors (Lipinski definition) is 5. The van der Waals surface area contributed by atoms with E-state index in [1.165, 1.54) is 5.56 Å². The zero-order valence-corrected chi connectivity index (χ0v) is 15.6. The number of rotatable bonds is 1. The Hall–Kier alpha value is -2.70. The van der Waals surface area contributed by atoms with Crippen molar-refractivity contribution < 1.29 is 9.18 Å². The molecule has 1 amide bonds. The number of primary amides is 1. The standard InChI is InChI=1S/C21H24FN5O/c22-16-10-24-21-25-14-6-2-4-11(7-14)3-1-5-12-8-13-9-15(12)18(17(13)19(23)28)26-20(16)27-21/h2,4,6-7,10,12-13,15,17-18H,1,3,5,8-9H2,(H2,23,28)(H2,24,25,26,27)/t12-,13+,15-,17+,18-/m1/s1. The normalized spacial score (nSPS) is 30.8. The molecule has 146 valence electrons. The van der Waals surface area contributed by atoms with E-state index in [4.69, 9.17) is 5.73 Å². The molecule has 1 aliphatic heterocycles. The molecule has 4 N–H and O–H groups in total. The molecule has 6 bridgehead atoms. The molecule has 1 aromatic heterocycles. The molecule has 6 nitrogen and oxygen atoms in total. The van der Waals surface area contributed by atoms with E-state index in [0.717, 1.165) is 44.0 Å². The summed E-state index contributed by atoms with van der Waals surface area (Å²) in [7, 11) is 0. The molecular formula is C21H24FN5O. The molecule has 2 aliphatic carbocycles. The molecule has 1 aromatic carbocycles. The second-order valence-corrected chi connectivity index (χ2v) is 8.36. The molecule has 2 saturated carbocycles. The van der Waals surface area contributed by atoms with Gasteiger partial charge in [0.2, 0.25) is 11.9 Å². The molecule has 0 saturated heterocycles. The maximum atomic E-state index is 14.5. The molecule has 2 aromatic rings. The van der Waals surface area contributed by atoms with Gasteiger partial charge in [-0.3, -0.25) is 4.79 Å². The fraction of sp³-hybridized carbons (Fsp3) is 0.476. The van der Waals surface area contributed by atoms with Crippen LogP contribution < -0.4 is 16.4 Å². The minimum absolute atomic E-state index is 0.133. The van der Waals surface area contributed by atoms with Crippen LogP contribution in [0.1, 0.15) is 31.2 Å². The summed E-state index contributed by atoms with van der Waals surface area (Å²) in [4.78, 5) is 20.5. The van der Waals surface area contributed by atoms with Crippen LogP contribution in [0.15, 0.2) is 30.5 Å². The van der Waals surface area contributed by atoms with Gasteiger partial charge in [-0.1, -0.05) is 12.1 Å². The third-order valence-corrected chi connectivity index (χ3v) is 6.74. The van der Waals surface area contributed by atoms with E-state index in [0.29, 0.717) is 17.8 Å². The highest BCUT2D eigenvalue weighted by Crippen LogP contribution is 2.54. The van der Waals surface area contributed by atoms with Crippen molar-refractivity contribution in [3.8, 4) is 0 Å². The van der Waals surface area contributed by atoms with Crippen molar-refractivity contribution in [1.29, 1.82) is 0 Å². The van der Waals surface area contributed by atoms with Crippen LogP contribution in [0.3, 0.4) is 0 Å². The van der Waals surface area contributed by atoms with Crippen LogP contribution in [0, 0.1) is 29.5 Å². The van der Waals surface area contributed by atoms with Crippen molar-refractivity contribution in [3.05, 3.63) is 41.8 Å². The van der Waals surface area contributed by atoms with Crippen molar-refractivity contribution in [2.75, 3.05) is 10.6 Å². The highest BCUT2D eigenvalue weighted by molar-refractivity contribution is 5.79. The Bertz CT molecular complexity index is 919. The van der Waals surface area contributed by atoms with Crippen LogP contribution in [0.25, 0.3) is 0 Å². The van der Waals surface area contributed by atoms with E-state index in [-0.39, 0.29) is 29.6 Å². The zero-order valence-electron chi connectivity index (χ0n) is 15.6. The first kappa shape index (κ1) is 17.4. The van der Waals surface area contributed by atoms with E-state index in [1.807, 2.05) is 12.1 Å². The second kappa shape index (κ2) is 6.72. The fourth-order valence-electron chi connectivity index (χ4n) is 5.62. The first-order valence-electron chi connectivity index (χ1n) is 10.0. The number of anilines is 3. The number of nitrogens with two attached hydrogens (primary N) is 1. The van der Waals surface area contributed by atoms with Gasteiger partial charge in [-0.15, -0.1) is 0 Å². The third kappa shape index (κ3) is 2.99. The summed E-state index contributed by atoms with van der Waals surface area (Å²) in [5.41, 5.74) is 7.86. The smallest absolute Gasteiger partial charge is 0.229 e. The van der Waals surface area contributed by atoms with E-state index in [2.05, 4.69) is 32.7 Å². The summed E-state index contributed by atoms with van der Waals surface area (Å²) >= 11 is 0. The fourth-order valence-corrected chi connectivity index (χ4v) is 5.62. The molecule has 0 spiro atoms. The van der Waals surface area contributed by atoms with Gasteiger partial charge in [-0.25, -0.2) is 9.37 Å². The van der Waals surface area contributed by atoms with Gasteiger partial charge in [0.25, 0.3) is 0 Å². The van der Waals surface area contributed by atoms with Crippen molar-refractivity contribution in [2.24, 2.45) is 29.4 Å². The first-order valence-corrected chi connectivity index (χ1v) is 10.0. The largest absolute Gasteiger partial charge is 0.369 e. The minimum Gasteiger partial charge on any atom is -0.369 e. The maximum Gasteiger partial charge on any atom is 0.229 e. The molecule has 28 heavy (non-hydrogen) atoms. The Morgan fingerprint density at radius 1 is 1.25 bits per heavy atom. The van der Waals surface area contributed by atoms with Crippen LogP contribution in [0.5, 0.6) is 0 Å². The lowest BCUT2D eigenvalue weighted by molar-refractivity contribution is -0.123. The highest BCUT2D eigenvalue weighted by atomic mass is 19.1. The quantitative estimate of drug-likeness (QED) is 0.705. The number of fused-ring (bicyclic) bond motifs is 5. The molecule has 0 radical (unpaired) electrons. The summed E-state index contributed by atoms with van der Waals surface area (Å²) in [6, 6.07) is 8.01. The monoisotopic (exact) mass is 381 g/mol. The van der Waals surface area contributed by atoms with Gasteiger partial charge in [0.1, 0.15) is 0 Å². The number of nitrogens with zero attached hydrogens (tertiary/aromatic N) is 2. The van der Waals surface area contributed by atoms with Gasteiger partial charge in [0.15, 0.2) is 11.6 Å². The predicted molar refractivity (Wildman–Crippen MR) is 104 cm³/mol. The van der Waals surface area contributed by atoms with E-state index < -0.39 is 5.82 Å². The van der Waals surface area contributed by atoms with Gasteiger partial charge in [-0.05, 0) is 67.6 Å². The summed E-state index contributed by atoms with van der Waals surface area (Å²) in [5, 5.41) is 6.39. The Morgan fingerprint density at radius 3 is 3.00 bits per heavy atom. The van der Waals surface area contributed by atoms with Crippen molar-refractivity contribution in [3.63, 3.8) is 0 Å². The average Bonchev–Trinajstić information content (AvgIpc) is 3.22. The first-order chi connectivity index (χ1) is 13.6. The lowest BCUT2D eigenvalue weighted by Crippen LogP contribution is -2.45. The lowest BCUT2D eigenvalue weighted by Gasteiger charge is -2.35. The molecule has 0 unspecified atom stereocenters. The minimum atomic E-state index is -0.520. The number of aryl methyl sites for hydroxylation is 1. The number of aromatic nitrogens is 2. The number of hydrogen-bond donors (Lipinski definition) is 3. The molecular weight excluding hydrogens is 357 g/mol. The number of amides is 1. The van der Waals surface area contributed by atoms with Crippen molar-refractivity contribution in [1.82, 2.24) is 9.97 Å². The summed E-state index contributed by atoms with van der Waals surface area (Å²) < 4.78 is 14.5. The second-order valence-electron chi connectivity index (χ2n) is 8.36. The topological polar surface area (TPSA) is 92.9 Å². The average molecular weight is 381 g/mol. The Balaban J connectivity index is 1.54. The summed E-state index contributed by atoms with van der Waals surface area (Å²) in [6.07, 6.45) is 6.40. The Kier molecular flexibility index (Phi) is 4.18. The van der Waals surface area contributed by atoms with Crippen LogP contribution in [0.2, 0.25) is 0 Å². The molecule has 7 heteroatoms. The number of nitrogens with one attached hydrogen (secondary N) is 2. The van der Waals surface area contributed by atoms with E-state index in [1.54, 1.807) is 0 Å². The number of halogens is 1. The van der Waals surface area contributed by atoms with Crippen LogP contribution in [-0.4, -0.2) is 21.9 Å². The SMILES string of the molecule is NC(=O)[C@H]1[C@H]2C[C@H]3CCCc4cccc(c4)Nc4ncc(F)c(n4)N[C@@H]1[C@@H]3C2. The van der Waals surface area contributed by atoms with Crippen LogP contribution >= 0.6 is 0 Å². The zero-order chi connectivity index (χ0) is 19.3.